The maximum absolute atomic E-state index is 12.7. The van der Waals surface area contributed by atoms with Gasteiger partial charge in [-0.25, -0.2) is 0 Å². The van der Waals surface area contributed by atoms with Crippen molar-refractivity contribution in [2.45, 2.75) is 163 Å². The lowest BCUT2D eigenvalue weighted by Crippen LogP contribution is -2.47. The Morgan fingerprint density at radius 3 is 1.62 bits per heavy atom. The first-order valence-electron chi connectivity index (χ1n) is 17.6. The molecule has 0 heterocycles. The average molecular weight is 647 g/mol. The summed E-state index contributed by atoms with van der Waals surface area (Å²) in [7, 11) is -2.71. The van der Waals surface area contributed by atoms with Gasteiger partial charge in [0.1, 0.15) is 0 Å². The lowest BCUT2D eigenvalue weighted by Gasteiger charge is -2.46. The van der Waals surface area contributed by atoms with Crippen LogP contribution in [0.4, 0.5) is 0 Å². The van der Waals surface area contributed by atoms with Crippen molar-refractivity contribution < 1.29 is 22.9 Å². The van der Waals surface area contributed by atoms with Gasteiger partial charge in [0.25, 0.3) is 0 Å². The fourth-order valence-corrected chi connectivity index (χ4v) is 11.3. The topological polar surface area (TPSA) is 61.8 Å². The third-order valence-electron chi connectivity index (χ3n) is 8.93. The summed E-state index contributed by atoms with van der Waals surface area (Å²) in [6.45, 7) is 12.4. The van der Waals surface area contributed by atoms with Gasteiger partial charge in [-0.15, -0.1) is 0 Å². The highest BCUT2D eigenvalue weighted by Crippen LogP contribution is 2.50. The molecule has 42 heavy (non-hydrogen) atoms. The van der Waals surface area contributed by atoms with Crippen LogP contribution in [0.3, 0.4) is 0 Å². The van der Waals surface area contributed by atoms with Gasteiger partial charge in [0.2, 0.25) is 0 Å². The highest BCUT2D eigenvalue weighted by molar-refractivity contribution is 8.13. The van der Waals surface area contributed by atoms with Crippen LogP contribution in [0.1, 0.15) is 157 Å². The monoisotopic (exact) mass is 646 g/mol. The molecule has 1 unspecified atom stereocenters. The van der Waals surface area contributed by atoms with Crippen molar-refractivity contribution in [3.63, 3.8) is 0 Å². The van der Waals surface area contributed by atoms with Gasteiger partial charge in [-0.05, 0) is 77.0 Å². The SMILES string of the molecule is CCCCCCCC(=O)SCCC1(CCSC(=O)CCCCCCC)CCCCC1CC[Si](OCC)(OCC)OCC. The van der Waals surface area contributed by atoms with E-state index in [4.69, 9.17) is 13.3 Å². The normalized spacial score (nSPS) is 17.0. The average Bonchev–Trinajstić information content (AvgIpc) is 2.97. The minimum atomic E-state index is -2.71. The van der Waals surface area contributed by atoms with Gasteiger partial charge in [-0.3, -0.25) is 9.59 Å². The zero-order valence-electron chi connectivity index (χ0n) is 28.1. The molecule has 0 N–H and O–H groups in total. The van der Waals surface area contributed by atoms with Crippen molar-refractivity contribution >= 4 is 42.6 Å². The lowest BCUT2D eigenvalue weighted by atomic mass is 9.62. The molecule has 0 spiro atoms. The smallest absolute Gasteiger partial charge is 0.374 e. The van der Waals surface area contributed by atoms with E-state index in [1.54, 1.807) is 23.5 Å². The van der Waals surface area contributed by atoms with Gasteiger partial charge >= 0.3 is 8.80 Å². The van der Waals surface area contributed by atoms with E-state index in [0.29, 0.717) is 48.8 Å². The van der Waals surface area contributed by atoms with E-state index < -0.39 is 8.80 Å². The Morgan fingerprint density at radius 2 is 1.17 bits per heavy atom. The molecule has 5 nitrogen and oxygen atoms in total. The van der Waals surface area contributed by atoms with E-state index in [2.05, 4.69) is 13.8 Å². The van der Waals surface area contributed by atoms with Gasteiger partial charge in [-0.1, -0.05) is 102 Å². The van der Waals surface area contributed by atoms with E-state index in [9.17, 15) is 9.59 Å². The lowest BCUT2D eigenvalue weighted by molar-refractivity contribution is -0.111. The van der Waals surface area contributed by atoms with Crippen LogP contribution in [0.15, 0.2) is 0 Å². The first kappa shape index (κ1) is 40.2. The van der Waals surface area contributed by atoms with Crippen molar-refractivity contribution in [1.82, 2.24) is 0 Å². The molecule has 0 aromatic rings. The third-order valence-corrected chi connectivity index (χ3v) is 13.9. The zero-order chi connectivity index (χ0) is 30.9. The van der Waals surface area contributed by atoms with E-state index in [1.165, 1.54) is 77.0 Å². The van der Waals surface area contributed by atoms with Crippen LogP contribution < -0.4 is 0 Å². The second-order valence-electron chi connectivity index (χ2n) is 12.1. The molecule has 1 rings (SSSR count). The van der Waals surface area contributed by atoms with Gasteiger partial charge in [0, 0.05) is 50.2 Å². The standard InChI is InChI=1S/C34H66O5S2Si/c1-6-11-13-15-17-22-32(35)40-28-26-34(27-29-41-33(36)23-18-16-14-12-7-2)25-20-19-21-31(34)24-30-42(37-8-3,38-9-4)39-10-5/h31H,6-30H2,1-5H3. The number of thioether (sulfide) groups is 2. The summed E-state index contributed by atoms with van der Waals surface area (Å²) >= 11 is 3.12. The van der Waals surface area contributed by atoms with E-state index >= 15 is 0 Å². The summed E-state index contributed by atoms with van der Waals surface area (Å²) in [5.41, 5.74) is 0.172. The predicted octanol–water partition coefficient (Wildman–Crippen LogP) is 10.6. The Balaban J connectivity index is 2.86. The molecule has 1 aliphatic carbocycles. The van der Waals surface area contributed by atoms with Crippen molar-refractivity contribution in [1.29, 1.82) is 0 Å². The van der Waals surface area contributed by atoms with Crippen molar-refractivity contribution in [3.05, 3.63) is 0 Å². The highest BCUT2D eigenvalue weighted by atomic mass is 32.2. The summed E-state index contributed by atoms with van der Waals surface area (Å²) in [5.74, 6) is 2.34. The Bertz CT molecular complexity index is 644. The number of hydrogen-bond donors (Lipinski definition) is 0. The Morgan fingerprint density at radius 1 is 0.690 bits per heavy atom. The Hall–Kier alpha value is 0.137. The number of carbonyl (C=O) groups is 2. The van der Waals surface area contributed by atoms with Crippen molar-refractivity contribution in [3.8, 4) is 0 Å². The maximum Gasteiger partial charge on any atom is 0.500 e. The molecular weight excluding hydrogens is 581 g/mol. The molecule has 1 aliphatic rings. The number of hydrogen-bond acceptors (Lipinski definition) is 7. The van der Waals surface area contributed by atoms with Gasteiger partial charge in [0.15, 0.2) is 10.2 Å². The minimum Gasteiger partial charge on any atom is -0.374 e. The predicted molar refractivity (Wildman–Crippen MR) is 185 cm³/mol. The summed E-state index contributed by atoms with van der Waals surface area (Å²) in [6.07, 6.45) is 21.3. The minimum absolute atomic E-state index is 0.172. The molecule has 0 radical (unpaired) electrons. The van der Waals surface area contributed by atoms with Crippen LogP contribution in [0.5, 0.6) is 0 Å². The second kappa shape index (κ2) is 25.3. The Labute approximate surface area is 269 Å². The molecule has 8 heteroatoms. The van der Waals surface area contributed by atoms with Crippen LogP contribution in [0.2, 0.25) is 6.04 Å². The number of carbonyl (C=O) groups excluding carboxylic acids is 2. The van der Waals surface area contributed by atoms with Crippen LogP contribution in [0, 0.1) is 11.3 Å². The van der Waals surface area contributed by atoms with Crippen molar-refractivity contribution in [2.75, 3.05) is 31.3 Å². The van der Waals surface area contributed by atoms with Crippen LogP contribution in [-0.4, -0.2) is 50.4 Å². The van der Waals surface area contributed by atoms with E-state index in [1.807, 2.05) is 20.8 Å². The maximum atomic E-state index is 12.7. The van der Waals surface area contributed by atoms with Crippen LogP contribution in [-0.2, 0) is 22.9 Å². The zero-order valence-corrected chi connectivity index (χ0v) is 30.7. The molecule has 0 amide bonds. The summed E-state index contributed by atoms with van der Waals surface area (Å²) in [4.78, 5) is 25.4. The van der Waals surface area contributed by atoms with E-state index in [0.717, 1.165) is 49.7 Å². The first-order valence-corrected chi connectivity index (χ1v) is 21.5. The largest absolute Gasteiger partial charge is 0.500 e. The van der Waals surface area contributed by atoms with E-state index in [-0.39, 0.29) is 5.41 Å². The molecule has 0 aromatic heterocycles. The van der Waals surface area contributed by atoms with Crippen LogP contribution in [0.25, 0.3) is 0 Å². The summed E-state index contributed by atoms with van der Waals surface area (Å²) < 4.78 is 18.6. The Kier molecular flexibility index (Phi) is 24.2. The second-order valence-corrected chi connectivity index (χ2v) is 17.1. The molecule has 1 atom stereocenters. The molecule has 0 aliphatic heterocycles. The number of rotatable bonds is 27. The molecule has 0 aromatic carbocycles. The molecule has 1 fully saturated rings. The molecule has 248 valence electrons. The quantitative estimate of drug-likeness (QED) is 0.0650. The van der Waals surface area contributed by atoms with Crippen LogP contribution >= 0.6 is 23.5 Å². The fraction of sp³-hybridized carbons (Fsp3) is 0.941. The summed E-state index contributed by atoms with van der Waals surface area (Å²) in [5, 5.41) is 0.717. The van der Waals surface area contributed by atoms with Gasteiger partial charge in [0.05, 0.1) is 0 Å². The van der Waals surface area contributed by atoms with Crippen molar-refractivity contribution in [2.24, 2.45) is 11.3 Å². The summed E-state index contributed by atoms with van der Waals surface area (Å²) in [6, 6.07) is 0.850. The molecule has 0 saturated heterocycles. The highest BCUT2D eigenvalue weighted by Gasteiger charge is 2.45. The van der Waals surface area contributed by atoms with Gasteiger partial charge in [-0.2, -0.15) is 0 Å². The third kappa shape index (κ3) is 17.0. The van der Waals surface area contributed by atoms with Gasteiger partial charge < -0.3 is 13.3 Å². The number of unbranched alkanes of at least 4 members (excludes halogenated alkanes) is 8. The first-order chi connectivity index (χ1) is 20.4. The molecule has 1 saturated carbocycles. The fourth-order valence-electron chi connectivity index (χ4n) is 6.59. The molecule has 0 bridgehead atoms. The molecular formula is C34H66O5S2Si.